The monoisotopic (exact) mass is 477 g/mol. The van der Waals surface area contributed by atoms with E-state index < -0.39 is 12.3 Å². The quantitative estimate of drug-likeness (QED) is 0.499. The minimum absolute atomic E-state index is 0.00156. The molecule has 2 aliphatic heterocycles. The molecule has 180 valence electrons. The van der Waals surface area contributed by atoms with Crippen molar-refractivity contribution in [2.45, 2.75) is 38.2 Å². The Hall–Kier alpha value is -3.21. The highest BCUT2D eigenvalue weighted by Crippen LogP contribution is 2.34. The molecule has 0 N–H and O–H groups in total. The number of fused-ring (bicyclic) bond motifs is 1. The van der Waals surface area contributed by atoms with Crippen LogP contribution in [0.1, 0.15) is 31.6 Å². The number of aromatic nitrogens is 5. The van der Waals surface area contributed by atoms with Crippen molar-refractivity contribution >= 4 is 22.7 Å². The van der Waals surface area contributed by atoms with Gasteiger partial charge in [-0.25, -0.2) is 4.98 Å². The van der Waals surface area contributed by atoms with Gasteiger partial charge in [0.15, 0.2) is 6.10 Å². The van der Waals surface area contributed by atoms with Crippen LogP contribution in [0.25, 0.3) is 11.0 Å². The highest BCUT2D eigenvalue weighted by molar-refractivity contribution is 5.79. The van der Waals surface area contributed by atoms with E-state index in [1.165, 1.54) is 12.4 Å². The highest BCUT2D eigenvalue weighted by Gasteiger charge is 2.40. The predicted octanol–water partition coefficient (Wildman–Crippen LogP) is 3.30. The Bertz CT molecular complexity index is 1230. The first-order valence-electron chi connectivity index (χ1n) is 10.8. The molecule has 5 heterocycles. The van der Waals surface area contributed by atoms with Crippen LogP contribution in [0.4, 0.5) is 24.8 Å². The third-order valence-electron chi connectivity index (χ3n) is 6.06. The Balaban J connectivity index is 1.58. The van der Waals surface area contributed by atoms with Gasteiger partial charge in [0, 0.05) is 17.5 Å². The van der Waals surface area contributed by atoms with Gasteiger partial charge in [-0.3, -0.25) is 9.52 Å². The summed E-state index contributed by atoms with van der Waals surface area (Å²) < 4.78 is 54.2. The van der Waals surface area contributed by atoms with E-state index in [0.717, 1.165) is 12.0 Å². The van der Waals surface area contributed by atoms with Crippen LogP contribution in [0, 0.1) is 17.2 Å². The predicted molar refractivity (Wildman–Crippen MR) is 112 cm³/mol. The number of alkyl halides is 3. The Morgan fingerprint density at radius 3 is 2.62 bits per heavy atom. The van der Waals surface area contributed by atoms with Crippen LogP contribution in [0.3, 0.4) is 0 Å². The Labute approximate surface area is 192 Å². The molecule has 3 aromatic heterocycles. The van der Waals surface area contributed by atoms with E-state index >= 15 is 0 Å². The molecule has 10 nitrogen and oxygen atoms in total. The molecule has 34 heavy (non-hydrogen) atoms. The minimum Gasteiger partial charge on any atom is -0.379 e. The summed E-state index contributed by atoms with van der Waals surface area (Å²) in [6.07, 6.45) is -2.32. The van der Waals surface area contributed by atoms with Crippen LogP contribution in [0.2, 0.25) is 0 Å². The summed E-state index contributed by atoms with van der Waals surface area (Å²) >= 11 is 0. The molecule has 0 radical (unpaired) electrons. The van der Waals surface area contributed by atoms with Crippen molar-refractivity contribution in [3.8, 4) is 6.07 Å². The summed E-state index contributed by atoms with van der Waals surface area (Å²) in [5.74, 6) is 0.0186. The van der Waals surface area contributed by atoms with Crippen LogP contribution in [0.5, 0.6) is 0 Å². The van der Waals surface area contributed by atoms with Gasteiger partial charge in [-0.1, -0.05) is 6.92 Å². The first-order chi connectivity index (χ1) is 16.3. The van der Waals surface area contributed by atoms with Gasteiger partial charge in [0.2, 0.25) is 0 Å². The van der Waals surface area contributed by atoms with Crippen molar-refractivity contribution in [3.05, 3.63) is 30.4 Å². The van der Waals surface area contributed by atoms with Crippen LogP contribution in [-0.2, 0) is 14.3 Å². The molecule has 0 bridgehead atoms. The molecule has 0 aliphatic carbocycles. The lowest BCUT2D eigenvalue weighted by Gasteiger charge is -2.27. The summed E-state index contributed by atoms with van der Waals surface area (Å²) in [6, 6.07) is 3.68. The maximum atomic E-state index is 13.4. The smallest absolute Gasteiger partial charge is 0.379 e. The third-order valence-corrected chi connectivity index (χ3v) is 6.06. The summed E-state index contributed by atoms with van der Waals surface area (Å²) in [7, 11) is 0. The number of nitriles is 1. The van der Waals surface area contributed by atoms with Crippen LogP contribution in [0.15, 0.2) is 24.7 Å². The summed E-state index contributed by atoms with van der Waals surface area (Å²) in [5.41, 5.74) is 1.02. The van der Waals surface area contributed by atoms with Crippen molar-refractivity contribution in [2.24, 2.45) is 5.92 Å². The van der Waals surface area contributed by atoms with E-state index in [4.69, 9.17) is 14.3 Å². The number of anilines is 2. The fourth-order valence-corrected chi connectivity index (χ4v) is 3.95. The molecular weight excluding hydrogens is 455 g/mol. The standard InChI is InChI=1S/C21H22F3N7O3/c1-12-8-32-11-18(12)30-15(4-25)3-14-5-26-20(28-19(14)30)31(34-13(2)21(22,23)24)16-6-27-29(7-16)17-9-33-10-17/h3,5-7,12-13,17-18H,8-11H2,1-2H3/t12-,13-,18-/m0/s1. The average molecular weight is 477 g/mol. The van der Waals surface area contributed by atoms with Crippen molar-refractivity contribution < 1.29 is 27.5 Å². The number of ether oxygens (including phenoxy) is 2. The van der Waals surface area contributed by atoms with Gasteiger partial charge in [0.05, 0.1) is 50.9 Å². The van der Waals surface area contributed by atoms with Crippen molar-refractivity contribution in [1.29, 1.82) is 5.26 Å². The summed E-state index contributed by atoms with van der Waals surface area (Å²) in [5, 5.41) is 15.4. The molecule has 3 aromatic rings. The van der Waals surface area contributed by atoms with E-state index in [9.17, 15) is 18.4 Å². The van der Waals surface area contributed by atoms with E-state index in [1.54, 1.807) is 21.5 Å². The molecule has 0 unspecified atom stereocenters. The molecule has 2 saturated heterocycles. The fraction of sp³-hybridized carbons (Fsp3) is 0.524. The minimum atomic E-state index is -4.61. The molecule has 0 amide bonds. The zero-order chi connectivity index (χ0) is 24.0. The van der Waals surface area contributed by atoms with E-state index in [2.05, 4.69) is 21.1 Å². The molecule has 2 fully saturated rings. The van der Waals surface area contributed by atoms with E-state index in [-0.39, 0.29) is 29.6 Å². The lowest BCUT2D eigenvalue weighted by Crippen LogP contribution is -2.35. The fourth-order valence-electron chi connectivity index (χ4n) is 3.95. The van der Waals surface area contributed by atoms with Gasteiger partial charge in [0.1, 0.15) is 23.1 Å². The second-order valence-electron chi connectivity index (χ2n) is 8.50. The van der Waals surface area contributed by atoms with E-state index in [1.807, 2.05) is 6.92 Å². The highest BCUT2D eigenvalue weighted by atomic mass is 19.4. The second kappa shape index (κ2) is 8.53. The molecule has 0 saturated carbocycles. The molecule has 0 spiro atoms. The second-order valence-corrected chi connectivity index (χ2v) is 8.50. The molecule has 5 rings (SSSR count). The lowest BCUT2D eigenvalue weighted by molar-refractivity contribution is -0.214. The summed E-state index contributed by atoms with van der Waals surface area (Å²) in [4.78, 5) is 14.1. The van der Waals surface area contributed by atoms with Gasteiger partial charge in [-0.2, -0.15) is 33.6 Å². The average Bonchev–Trinajstić information content (AvgIpc) is 3.47. The Morgan fingerprint density at radius 1 is 1.24 bits per heavy atom. The topological polar surface area (TPSA) is 103 Å². The first-order valence-corrected chi connectivity index (χ1v) is 10.8. The van der Waals surface area contributed by atoms with Gasteiger partial charge < -0.3 is 14.0 Å². The molecule has 2 aliphatic rings. The van der Waals surface area contributed by atoms with Gasteiger partial charge >= 0.3 is 6.18 Å². The van der Waals surface area contributed by atoms with Crippen molar-refractivity contribution in [3.63, 3.8) is 0 Å². The first kappa shape index (κ1) is 22.6. The zero-order valence-electron chi connectivity index (χ0n) is 18.4. The zero-order valence-corrected chi connectivity index (χ0v) is 18.4. The van der Waals surface area contributed by atoms with E-state index in [0.29, 0.717) is 43.2 Å². The number of rotatable bonds is 6. The molecular formula is C21H22F3N7O3. The number of halogens is 3. The SMILES string of the molecule is C[C@H](ON(c1cnn(C2COC2)c1)c1ncc2cc(C#N)n([C@H]3COC[C@@H]3C)c2n1)C(F)(F)F. The van der Waals surface area contributed by atoms with Crippen molar-refractivity contribution in [1.82, 2.24) is 24.3 Å². The van der Waals surface area contributed by atoms with Crippen LogP contribution < -0.4 is 5.06 Å². The molecule has 0 aromatic carbocycles. The largest absolute Gasteiger partial charge is 0.416 e. The maximum absolute atomic E-state index is 13.4. The Morgan fingerprint density at radius 2 is 2.00 bits per heavy atom. The van der Waals surface area contributed by atoms with Crippen LogP contribution in [-0.4, -0.2) is 63.0 Å². The maximum Gasteiger partial charge on any atom is 0.416 e. The van der Waals surface area contributed by atoms with Gasteiger partial charge in [0.25, 0.3) is 5.95 Å². The number of hydrogen-bond acceptors (Lipinski definition) is 8. The van der Waals surface area contributed by atoms with Gasteiger partial charge in [-0.15, -0.1) is 0 Å². The number of nitrogens with zero attached hydrogens (tertiary/aromatic N) is 7. The van der Waals surface area contributed by atoms with Gasteiger partial charge in [-0.05, 0) is 13.0 Å². The summed E-state index contributed by atoms with van der Waals surface area (Å²) in [6.45, 7) is 4.79. The third kappa shape index (κ3) is 3.97. The number of hydrogen-bond donors (Lipinski definition) is 0. The van der Waals surface area contributed by atoms with Crippen molar-refractivity contribution in [2.75, 3.05) is 31.5 Å². The Kier molecular flexibility index (Phi) is 5.67. The van der Waals surface area contributed by atoms with Crippen LogP contribution >= 0.6 is 0 Å². The molecule has 13 heteroatoms. The molecule has 3 atom stereocenters. The normalized spacial score (nSPS) is 22.0. The lowest BCUT2D eigenvalue weighted by atomic mass is 10.1.